The van der Waals surface area contributed by atoms with Crippen LogP contribution in [0.4, 0.5) is 0 Å². The van der Waals surface area contributed by atoms with Crippen molar-refractivity contribution in [3.63, 3.8) is 0 Å². The van der Waals surface area contributed by atoms with Gasteiger partial charge in [-0.2, -0.15) is 0 Å². The minimum Gasteiger partial charge on any atom is -0.486 e. The Labute approximate surface area is 142 Å². The quantitative estimate of drug-likeness (QED) is 0.909. The maximum Gasteiger partial charge on any atom is 0.227 e. The summed E-state index contributed by atoms with van der Waals surface area (Å²) in [4.78, 5) is 14.5. The van der Waals surface area contributed by atoms with Crippen molar-refractivity contribution in [1.29, 1.82) is 0 Å². The number of fused-ring (bicyclic) bond motifs is 1. The minimum absolute atomic E-state index is 0. The molecule has 0 radical (unpaired) electrons. The Morgan fingerprint density at radius 1 is 1.22 bits per heavy atom. The summed E-state index contributed by atoms with van der Waals surface area (Å²) in [7, 11) is 0. The predicted octanol–water partition coefficient (Wildman–Crippen LogP) is 1.62. The van der Waals surface area contributed by atoms with Crippen LogP contribution in [0.25, 0.3) is 0 Å². The molecular formula is C17H23ClN2O3. The largest absolute Gasteiger partial charge is 0.486 e. The van der Waals surface area contributed by atoms with Crippen LogP contribution in [0.3, 0.4) is 0 Å². The summed E-state index contributed by atoms with van der Waals surface area (Å²) in [5, 5.41) is 0. The third kappa shape index (κ3) is 3.26. The van der Waals surface area contributed by atoms with E-state index in [0.717, 1.165) is 29.5 Å². The van der Waals surface area contributed by atoms with Crippen molar-refractivity contribution in [2.75, 3.05) is 26.3 Å². The molecule has 0 aromatic heterocycles. The Morgan fingerprint density at radius 3 is 2.78 bits per heavy atom. The van der Waals surface area contributed by atoms with Gasteiger partial charge in [0, 0.05) is 24.7 Å². The lowest BCUT2D eigenvalue weighted by Crippen LogP contribution is -2.33. The number of benzene rings is 1. The van der Waals surface area contributed by atoms with Crippen molar-refractivity contribution >= 4 is 18.3 Å². The number of ether oxygens (including phenoxy) is 2. The molecule has 126 valence electrons. The number of nitrogens with two attached hydrogens (primary N) is 1. The maximum absolute atomic E-state index is 12.6. The normalized spacial score (nSPS) is 25.9. The number of rotatable bonds is 3. The molecular weight excluding hydrogens is 316 g/mol. The highest BCUT2D eigenvalue weighted by atomic mass is 35.5. The zero-order valence-electron chi connectivity index (χ0n) is 13.1. The molecule has 0 unspecified atom stereocenters. The van der Waals surface area contributed by atoms with E-state index in [1.807, 2.05) is 23.1 Å². The van der Waals surface area contributed by atoms with Crippen molar-refractivity contribution < 1.29 is 14.3 Å². The second-order valence-corrected chi connectivity index (χ2v) is 6.58. The molecule has 1 saturated heterocycles. The molecule has 2 heterocycles. The van der Waals surface area contributed by atoms with E-state index in [9.17, 15) is 4.79 Å². The third-order valence-corrected chi connectivity index (χ3v) is 4.98. The highest BCUT2D eigenvalue weighted by molar-refractivity contribution is 5.85. The van der Waals surface area contributed by atoms with E-state index in [0.29, 0.717) is 32.1 Å². The topological polar surface area (TPSA) is 64.8 Å². The highest BCUT2D eigenvalue weighted by Gasteiger charge is 2.42. The fourth-order valence-electron chi connectivity index (χ4n) is 3.63. The van der Waals surface area contributed by atoms with Gasteiger partial charge in [0.25, 0.3) is 0 Å². The molecule has 1 aromatic carbocycles. The van der Waals surface area contributed by atoms with Crippen molar-refractivity contribution in [3.05, 3.63) is 23.8 Å². The summed E-state index contributed by atoms with van der Waals surface area (Å²) in [5.74, 6) is 2.85. The van der Waals surface area contributed by atoms with Gasteiger partial charge in [0.05, 0.1) is 6.42 Å². The van der Waals surface area contributed by atoms with E-state index in [4.69, 9.17) is 15.2 Å². The molecule has 2 atom stereocenters. The lowest BCUT2D eigenvalue weighted by Gasteiger charge is -2.22. The summed E-state index contributed by atoms with van der Waals surface area (Å²) in [5.41, 5.74) is 7.12. The van der Waals surface area contributed by atoms with E-state index in [2.05, 4.69) is 0 Å². The summed E-state index contributed by atoms with van der Waals surface area (Å²) >= 11 is 0. The molecule has 1 amide bonds. The van der Waals surface area contributed by atoms with Crippen LogP contribution in [0.5, 0.6) is 11.5 Å². The van der Waals surface area contributed by atoms with Crippen LogP contribution >= 0.6 is 12.4 Å². The average Bonchev–Trinajstić information content (AvgIpc) is 3.30. The van der Waals surface area contributed by atoms with E-state index in [1.165, 1.54) is 12.8 Å². The highest BCUT2D eigenvalue weighted by Crippen LogP contribution is 2.41. The fraction of sp³-hybridized carbons (Fsp3) is 0.588. The van der Waals surface area contributed by atoms with Crippen molar-refractivity contribution in [1.82, 2.24) is 4.90 Å². The smallest absolute Gasteiger partial charge is 0.227 e. The Balaban J connectivity index is 0.00000156. The lowest BCUT2D eigenvalue weighted by atomic mass is 9.99. The first-order valence-electron chi connectivity index (χ1n) is 8.13. The first-order valence-corrected chi connectivity index (χ1v) is 8.13. The van der Waals surface area contributed by atoms with Crippen LogP contribution in [-0.2, 0) is 11.2 Å². The van der Waals surface area contributed by atoms with Gasteiger partial charge < -0.3 is 20.1 Å². The summed E-state index contributed by atoms with van der Waals surface area (Å²) in [6.07, 6.45) is 2.91. The van der Waals surface area contributed by atoms with Crippen LogP contribution in [0.1, 0.15) is 18.4 Å². The Kier molecular flexibility index (Phi) is 4.69. The fourth-order valence-corrected chi connectivity index (χ4v) is 3.63. The molecule has 1 aromatic rings. The number of nitrogens with zero attached hydrogens (tertiary/aromatic N) is 1. The van der Waals surface area contributed by atoms with E-state index < -0.39 is 0 Å². The lowest BCUT2D eigenvalue weighted by molar-refractivity contribution is -0.129. The Hall–Kier alpha value is -1.46. The van der Waals surface area contributed by atoms with Crippen LogP contribution in [0.15, 0.2) is 18.2 Å². The zero-order valence-corrected chi connectivity index (χ0v) is 13.9. The summed E-state index contributed by atoms with van der Waals surface area (Å²) in [6.45, 7) is 2.61. The molecule has 6 heteroatoms. The summed E-state index contributed by atoms with van der Waals surface area (Å²) in [6, 6.07) is 5.89. The molecule has 0 bridgehead atoms. The van der Waals surface area contributed by atoms with Gasteiger partial charge in [-0.1, -0.05) is 12.1 Å². The molecule has 0 spiro atoms. The molecule has 2 aliphatic heterocycles. The van der Waals surface area contributed by atoms with Crippen LogP contribution < -0.4 is 15.2 Å². The van der Waals surface area contributed by atoms with Gasteiger partial charge in [-0.05, 0) is 30.7 Å². The van der Waals surface area contributed by atoms with Crippen LogP contribution in [-0.4, -0.2) is 43.2 Å². The Bertz CT molecular complexity index is 591. The van der Waals surface area contributed by atoms with Gasteiger partial charge in [0.1, 0.15) is 13.2 Å². The molecule has 3 aliphatic rings. The van der Waals surface area contributed by atoms with Crippen LogP contribution in [0, 0.1) is 11.8 Å². The van der Waals surface area contributed by atoms with Gasteiger partial charge >= 0.3 is 0 Å². The van der Waals surface area contributed by atoms with Crippen molar-refractivity contribution in [2.45, 2.75) is 25.3 Å². The maximum atomic E-state index is 12.6. The average molecular weight is 339 g/mol. The third-order valence-electron chi connectivity index (χ3n) is 4.98. The number of para-hydroxylation sites is 1. The monoisotopic (exact) mass is 338 g/mol. The number of carbonyl (C=O) groups is 1. The second-order valence-electron chi connectivity index (χ2n) is 6.58. The molecule has 2 fully saturated rings. The molecule has 23 heavy (non-hydrogen) atoms. The predicted molar refractivity (Wildman–Crippen MR) is 89.2 cm³/mol. The van der Waals surface area contributed by atoms with Gasteiger partial charge in [-0.25, -0.2) is 0 Å². The van der Waals surface area contributed by atoms with Gasteiger partial charge in [-0.3, -0.25) is 4.79 Å². The number of amides is 1. The number of carbonyl (C=O) groups excluding carboxylic acids is 1. The van der Waals surface area contributed by atoms with Gasteiger partial charge in [0.2, 0.25) is 5.91 Å². The number of likely N-dealkylation sites (tertiary alicyclic amines) is 1. The van der Waals surface area contributed by atoms with E-state index in [-0.39, 0.29) is 24.4 Å². The van der Waals surface area contributed by atoms with E-state index >= 15 is 0 Å². The first kappa shape index (κ1) is 16.4. The van der Waals surface area contributed by atoms with Crippen molar-refractivity contribution in [2.24, 2.45) is 17.6 Å². The standard InChI is InChI=1S/C17H22N2O3.ClH/c18-14-10-19(9-13(14)11-4-5-11)16(20)8-12-2-1-3-15-17(12)22-7-6-21-15;/h1-3,11,13-14H,4-10,18H2;1H/t13-,14+;/m0./s1. The van der Waals surface area contributed by atoms with Gasteiger partial charge in [0.15, 0.2) is 11.5 Å². The molecule has 1 saturated carbocycles. The number of halogens is 1. The summed E-state index contributed by atoms with van der Waals surface area (Å²) < 4.78 is 11.3. The number of hydrogen-bond acceptors (Lipinski definition) is 4. The van der Waals surface area contributed by atoms with Gasteiger partial charge in [-0.15, -0.1) is 12.4 Å². The number of hydrogen-bond donors (Lipinski definition) is 1. The minimum atomic E-state index is 0. The molecule has 5 nitrogen and oxygen atoms in total. The van der Waals surface area contributed by atoms with Crippen LogP contribution in [0.2, 0.25) is 0 Å². The molecule has 1 aliphatic carbocycles. The molecule has 4 rings (SSSR count). The van der Waals surface area contributed by atoms with Crippen molar-refractivity contribution in [3.8, 4) is 11.5 Å². The SMILES string of the molecule is Cl.N[C@@H]1CN(C(=O)Cc2cccc3c2OCCO3)C[C@H]1C1CC1. The second kappa shape index (κ2) is 6.57. The first-order chi connectivity index (χ1) is 10.7. The Morgan fingerprint density at radius 2 is 2.00 bits per heavy atom. The van der Waals surface area contributed by atoms with E-state index in [1.54, 1.807) is 0 Å². The molecule has 2 N–H and O–H groups in total. The zero-order chi connectivity index (χ0) is 15.1.